The normalized spacial score (nSPS) is 18.1. The molecule has 5 heterocycles. The minimum absolute atomic E-state index is 0.413. The summed E-state index contributed by atoms with van der Waals surface area (Å²) in [5, 5.41) is 2.19. The number of ether oxygens (including phenoxy) is 1. The largest absolute Gasteiger partial charge is 0.378 e. The van der Waals surface area contributed by atoms with Crippen LogP contribution >= 0.6 is 11.3 Å². The van der Waals surface area contributed by atoms with Gasteiger partial charge in [0.15, 0.2) is 0 Å². The predicted octanol–water partition coefficient (Wildman–Crippen LogP) is 2.74. The Bertz CT molecular complexity index is 1330. The van der Waals surface area contributed by atoms with Gasteiger partial charge in [0, 0.05) is 69.7 Å². The maximum Gasteiger partial charge on any atom is 0.229 e. The van der Waals surface area contributed by atoms with E-state index in [0.717, 1.165) is 80.1 Å². The molecular weight excluding hydrogens is 510 g/mol. The molecule has 5 rings (SSSR count). The molecule has 1 N–H and O–H groups in total. The van der Waals surface area contributed by atoms with Crippen molar-refractivity contribution in [2.45, 2.75) is 20.4 Å². The Labute approximate surface area is 222 Å². The topological polar surface area (TPSA) is 104 Å². The Hall–Kier alpha value is -2.38. The van der Waals surface area contributed by atoms with Crippen molar-refractivity contribution in [2.24, 2.45) is 5.92 Å². The zero-order valence-corrected chi connectivity index (χ0v) is 23.3. The number of rotatable bonds is 8. The molecule has 0 amide bonds. The van der Waals surface area contributed by atoms with Crippen molar-refractivity contribution in [1.82, 2.24) is 24.8 Å². The number of hydrogen-bond acceptors (Lipinski definition) is 10. The molecule has 2 aliphatic rings. The van der Waals surface area contributed by atoms with E-state index < -0.39 is 10.0 Å². The van der Waals surface area contributed by atoms with E-state index in [4.69, 9.17) is 14.7 Å². The Morgan fingerprint density at radius 1 is 1.05 bits per heavy atom. The first-order chi connectivity index (χ1) is 17.7. The lowest BCUT2D eigenvalue weighted by Gasteiger charge is -2.35. The van der Waals surface area contributed by atoms with Crippen LogP contribution in [0.2, 0.25) is 0 Å². The number of aromatic nitrogens is 3. The second-order valence-electron chi connectivity index (χ2n) is 10.2. The fourth-order valence-electron chi connectivity index (χ4n) is 4.89. The molecule has 0 bridgehead atoms. The summed E-state index contributed by atoms with van der Waals surface area (Å²) in [6.45, 7) is 13.6. The summed E-state index contributed by atoms with van der Waals surface area (Å²) in [5.74, 6) is 1.36. The molecule has 10 nitrogen and oxygen atoms in total. The second-order valence-corrected chi connectivity index (χ2v) is 12.8. The van der Waals surface area contributed by atoms with Crippen molar-refractivity contribution in [3.05, 3.63) is 29.4 Å². The van der Waals surface area contributed by atoms with E-state index in [2.05, 4.69) is 43.6 Å². The predicted molar refractivity (Wildman–Crippen MR) is 149 cm³/mol. The van der Waals surface area contributed by atoms with Crippen molar-refractivity contribution in [2.75, 3.05) is 74.9 Å². The Morgan fingerprint density at radius 3 is 2.49 bits per heavy atom. The second kappa shape index (κ2) is 11.2. The van der Waals surface area contributed by atoms with Gasteiger partial charge in [0.2, 0.25) is 16.0 Å². The first kappa shape index (κ1) is 26.2. The fourth-order valence-corrected chi connectivity index (χ4v) is 6.44. The van der Waals surface area contributed by atoms with Gasteiger partial charge >= 0.3 is 0 Å². The SMILES string of the molecule is CC(C)CN1CCN(Cc2csc3c(-c4cncc(NS(C)(=O)=O)c4)nc(N4CCOCC4)nc23)CC1. The number of hydrogen-bond donors (Lipinski definition) is 1. The molecule has 2 aliphatic heterocycles. The van der Waals surface area contributed by atoms with Crippen LogP contribution in [0.4, 0.5) is 11.6 Å². The molecule has 2 fully saturated rings. The van der Waals surface area contributed by atoms with Crippen LogP contribution < -0.4 is 9.62 Å². The van der Waals surface area contributed by atoms with E-state index in [1.165, 1.54) is 11.8 Å². The van der Waals surface area contributed by atoms with Crippen LogP contribution in [-0.2, 0) is 21.3 Å². The van der Waals surface area contributed by atoms with Crippen molar-refractivity contribution in [1.29, 1.82) is 0 Å². The molecule has 200 valence electrons. The molecule has 3 aromatic heterocycles. The standard InChI is InChI=1S/C25H35N7O3S2/c1-18(2)15-30-4-6-31(7-5-30)16-20-17-36-24-22(19-12-21(14-26-13-19)29-37(3,33)34)27-25(28-23(20)24)32-8-10-35-11-9-32/h12-14,17-18,29H,4-11,15-16H2,1-3H3. The summed E-state index contributed by atoms with van der Waals surface area (Å²) < 4.78 is 32.7. The summed E-state index contributed by atoms with van der Waals surface area (Å²) in [6, 6.07) is 1.78. The molecule has 0 saturated carbocycles. The smallest absolute Gasteiger partial charge is 0.229 e. The molecule has 12 heteroatoms. The van der Waals surface area contributed by atoms with Gasteiger partial charge in [-0.25, -0.2) is 18.4 Å². The number of morpholine rings is 1. The first-order valence-electron chi connectivity index (χ1n) is 12.7. The van der Waals surface area contributed by atoms with Gasteiger partial charge in [-0.15, -0.1) is 11.3 Å². The number of thiophene rings is 1. The third-order valence-corrected chi connectivity index (χ3v) is 8.20. The van der Waals surface area contributed by atoms with E-state index in [1.807, 2.05) is 0 Å². The zero-order chi connectivity index (χ0) is 26.0. The highest BCUT2D eigenvalue weighted by Gasteiger charge is 2.23. The quantitative estimate of drug-likeness (QED) is 0.458. The number of piperazine rings is 1. The van der Waals surface area contributed by atoms with Gasteiger partial charge in [-0.2, -0.15) is 0 Å². The van der Waals surface area contributed by atoms with Crippen LogP contribution in [0.3, 0.4) is 0 Å². The van der Waals surface area contributed by atoms with Gasteiger partial charge in [0.25, 0.3) is 0 Å². The van der Waals surface area contributed by atoms with Crippen LogP contribution in [0.25, 0.3) is 21.5 Å². The van der Waals surface area contributed by atoms with Gasteiger partial charge in [-0.1, -0.05) is 13.8 Å². The summed E-state index contributed by atoms with van der Waals surface area (Å²) in [5.41, 5.74) is 4.10. The molecule has 0 atom stereocenters. The van der Waals surface area contributed by atoms with Gasteiger partial charge in [-0.3, -0.25) is 14.6 Å². The van der Waals surface area contributed by atoms with Crippen molar-refractivity contribution < 1.29 is 13.2 Å². The summed E-state index contributed by atoms with van der Waals surface area (Å²) in [6.07, 6.45) is 4.36. The van der Waals surface area contributed by atoms with Crippen LogP contribution in [0.15, 0.2) is 23.8 Å². The van der Waals surface area contributed by atoms with E-state index >= 15 is 0 Å². The summed E-state index contributed by atoms with van der Waals surface area (Å²) >= 11 is 1.64. The fraction of sp³-hybridized carbons (Fsp3) is 0.560. The highest BCUT2D eigenvalue weighted by atomic mass is 32.2. The van der Waals surface area contributed by atoms with E-state index in [9.17, 15) is 8.42 Å². The monoisotopic (exact) mass is 545 g/mol. The first-order valence-corrected chi connectivity index (χ1v) is 15.5. The minimum Gasteiger partial charge on any atom is -0.378 e. The summed E-state index contributed by atoms with van der Waals surface area (Å²) in [7, 11) is -3.42. The summed E-state index contributed by atoms with van der Waals surface area (Å²) in [4.78, 5) is 21.5. The third-order valence-electron chi connectivity index (χ3n) is 6.57. The lowest BCUT2D eigenvalue weighted by atomic mass is 10.1. The lowest BCUT2D eigenvalue weighted by Crippen LogP contribution is -2.46. The number of nitrogens with one attached hydrogen (secondary N) is 1. The molecule has 37 heavy (non-hydrogen) atoms. The highest BCUT2D eigenvalue weighted by Crippen LogP contribution is 2.36. The molecule has 0 radical (unpaired) electrons. The van der Waals surface area contributed by atoms with Gasteiger partial charge in [-0.05, 0) is 17.4 Å². The van der Waals surface area contributed by atoms with Gasteiger partial charge in [0.05, 0.1) is 47.3 Å². The average molecular weight is 546 g/mol. The van der Waals surface area contributed by atoms with Crippen molar-refractivity contribution in [3.63, 3.8) is 0 Å². The molecule has 0 aromatic carbocycles. The van der Waals surface area contributed by atoms with Crippen molar-refractivity contribution >= 4 is 43.2 Å². The minimum atomic E-state index is -3.42. The number of sulfonamides is 1. The van der Waals surface area contributed by atoms with E-state index in [-0.39, 0.29) is 0 Å². The lowest BCUT2D eigenvalue weighted by molar-refractivity contribution is 0.118. The van der Waals surface area contributed by atoms with Crippen LogP contribution in [-0.4, -0.2) is 98.5 Å². The Balaban J connectivity index is 1.48. The molecule has 2 saturated heterocycles. The van der Waals surface area contributed by atoms with Gasteiger partial charge in [0.1, 0.15) is 0 Å². The van der Waals surface area contributed by atoms with E-state index in [0.29, 0.717) is 30.8 Å². The van der Waals surface area contributed by atoms with Crippen LogP contribution in [0, 0.1) is 5.92 Å². The molecule has 0 unspecified atom stereocenters. The van der Waals surface area contributed by atoms with Crippen LogP contribution in [0.5, 0.6) is 0 Å². The maximum atomic E-state index is 11.8. The van der Waals surface area contributed by atoms with E-state index in [1.54, 1.807) is 23.6 Å². The van der Waals surface area contributed by atoms with Crippen molar-refractivity contribution in [3.8, 4) is 11.3 Å². The third kappa shape index (κ3) is 6.55. The molecule has 0 aliphatic carbocycles. The maximum absolute atomic E-state index is 11.8. The van der Waals surface area contributed by atoms with Gasteiger partial charge < -0.3 is 14.5 Å². The molecule has 0 spiro atoms. The number of nitrogens with zero attached hydrogens (tertiary/aromatic N) is 6. The highest BCUT2D eigenvalue weighted by molar-refractivity contribution is 7.92. The number of fused-ring (bicyclic) bond motifs is 1. The zero-order valence-electron chi connectivity index (χ0n) is 21.7. The molecular formula is C25H35N7O3S2. The molecule has 3 aromatic rings. The Kier molecular flexibility index (Phi) is 7.91. The Morgan fingerprint density at radius 2 is 1.78 bits per heavy atom. The number of anilines is 2. The number of pyridine rings is 1. The average Bonchev–Trinajstić information content (AvgIpc) is 3.26. The van der Waals surface area contributed by atoms with Crippen LogP contribution in [0.1, 0.15) is 19.4 Å².